The van der Waals surface area contributed by atoms with E-state index in [1.807, 2.05) is 25.1 Å². The highest BCUT2D eigenvalue weighted by Crippen LogP contribution is 2.32. The van der Waals surface area contributed by atoms with Crippen molar-refractivity contribution < 1.29 is 13.2 Å². The van der Waals surface area contributed by atoms with Crippen LogP contribution in [0.25, 0.3) is 0 Å². The van der Waals surface area contributed by atoms with Gasteiger partial charge in [0.2, 0.25) is 10.0 Å². The zero-order valence-corrected chi connectivity index (χ0v) is 20.9. The van der Waals surface area contributed by atoms with Crippen LogP contribution < -0.4 is 4.74 Å². The Bertz CT molecular complexity index is 1120. The Balaban J connectivity index is 1.54. The van der Waals surface area contributed by atoms with Crippen molar-refractivity contribution in [2.24, 2.45) is 0 Å². The van der Waals surface area contributed by atoms with Crippen LogP contribution in [-0.4, -0.2) is 50.4 Å². The number of benzene rings is 3. The first kappa shape index (κ1) is 24.5. The molecule has 1 fully saturated rings. The molecular formula is C28H34N2O3S. The summed E-state index contributed by atoms with van der Waals surface area (Å²) in [6.07, 6.45) is 1.90. The molecule has 180 valence electrons. The molecule has 0 atom stereocenters. The minimum atomic E-state index is -3.65. The molecule has 1 aliphatic heterocycles. The number of sulfonamides is 1. The lowest BCUT2D eigenvalue weighted by Gasteiger charge is -2.39. The maximum Gasteiger partial charge on any atom is 0.246 e. The van der Waals surface area contributed by atoms with Gasteiger partial charge in [0.1, 0.15) is 10.6 Å². The number of unbranched alkanes of at least 4 members (excludes halogenated alkanes) is 1. The molecule has 0 saturated carbocycles. The lowest BCUT2D eigenvalue weighted by molar-refractivity contribution is 0.155. The third-order valence-corrected chi connectivity index (χ3v) is 8.26. The summed E-state index contributed by atoms with van der Waals surface area (Å²) in [5.41, 5.74) is 3.35. The highest BCUT2D eigenvalue weighted by Gasteiger charge is 2.33. The Labute approximate surface area is 204 Å². The average molecular weight is 479 g/mol. The summed E-state index contributed by atoms with van der Waals surface area (Å²) >= 11 is 0. The predicted octanol–water partition coefficient (Wildman–Crippen LogP) is 5.27. The van der Waals surface area contributed by atoms with Crippen LogP contribution in [0.4, 0.5) is 0 Å². The number of hydrogen-bond acceptors (Lipinski definition) is 4. The summed E-state index contributed by atoms with van der Waals surface area (Å²) in [7, 11) is -3.65. The van der Waals surface area contributed by atoms with Crippen molar-refractivity contribution in [1.82, 2.24) is 9.21 Å². The zero-order valence-electron chi connectivity index (χ0n) is 20.1. The molecule has 0 bridgehead atoms. The van der Waals surface area contributed by atoms with Crippen molar-refractivity contribution in [2.45, 2.75) is 37.6 Å². The molecule has 5 nitrogen and oxygen atoms in total. The van der Waals surface area contributed by atoms with Crippen molar-refractivity contribution in [1.29, 1.82) is 0 Å². The first-order valence-corrected chi connectivity index (χ1v) is 13.5. The maximum atomic E-state index is 13.6. The molecule has 6 heteroatoms. The highest BCUT2D eigenvalue weighted by molar-refractivity contribution is 7.89. The van der Waals surface area contributed by atoms with Crippen LogP contribution in [0.3, 0.4) is 0 Å². The quantitative estimate of drug-likeness (QED) is 0.393. The lowest BCUT2D eigenvalue weighted by atomic mass is 9.96. The summed E-state index contributed by atoms with van der Waals surface area (Å²) in [6, 6.07) is 26.4. The predicted molar refractivity (Wildman–Crippen MR) is 137 cm³/mol. The summed E-state index contributed by atoms with van der Waals surface area (Å²) in [4.78, 5) is 2.66. The van der Waals surface area contributed by atoms with E-state index >= 15 is 0 Å². The summed E-state index contributed by atoms with van der Waals surface area (Å²) < 4.78 is 34.8. The Morgan fingerprint density at radius 3 is 2.00 bits per heavy atom. The monoisotopic (exact) mass is 478 g/mol. The van der Waals surface area contributed by atoms with E-state index in [1.165, 1.54) is 11.1 Å². The molecule has 34 heavy (non-hydrogen) atoms. The molecule has 3 aromatic carbocycles. The maximum absolute atomic E-state index is 13.6. The Morgan fingerprint density at radius 1 is 0.853 bits per heavy atom. The van der Waals surface area contributed by atoms with E-state index in [0.717, 1.165) is 18.4 Å². The number of rotatable bonds is 9. The van der Waals surface area contributed by atoms with Crippen molar-refractivity contribution >= 4 is 10.0 Å². The van der Waals surface area contributed by atoms with Gasteiger partial charge in [-0.15, -0.1) is 0 Å². The fourth-order valence-electron chi connectivity index (χ4n) is 4.49. The van der Waals surface area contributed by atoms with Crippen LogP contribution in [0.15, 0.2) is 83.8 Å². The smallest absolute Gasteiger partial charge is 0.246 e. The topological polar surface area (TPSA) is 49.9 Å². The molecule has 0 N–H and O–H groups in total. The van der Waals surface area contributed by atoms with Crippen LogP contribution >= 0.6 is 0 Å². The van der Waals surface area contributed by atoms with Gasteiger partial charge in [0.25, 0.3) is 0 Å². The third-order valence-electron chi connectivity index (χ3n) is 6.34. The molecule has 1 saturated heterocycles. The van der Waals surface area contributed by atoms with Crippen LogP contribution in [0.5, 0.6) is 5.75 Å². The average Bonchev–Trinajstić information content (AvgIpc) is 2.87. The fraction of sp³-hybridized carbons (Fsp3) is 0.357. The van der Waals surface area contributed by atoms with E-state index in [9.17, 15) is 8.42 Å². The van der Waals surface area contributed by atoms with Crippen molar-refractivity contribution in [3.05, 3.63) is 95.6 Å². The summed E-state index contributed by atoms with van der Waals surface area (Å²) in [5.74, 6) is 0.452. The minimum absolute atomic E-state index is 0.0964. The third kappa shape index (κ3) is 5.52. The van der Waals surface area contributed by atoms with Crippen molar-refractivity contribution in [2.75, 3.05) is 32.8 Å². The second-order valence-electron chi connectivity index (χ2n) is 8.82. The van der Waals surface area contributed by atoms with Gasteiger partial charge in [-0.05, 0) is 42.2 Å². The molecule has 0 aromatic heterocycles. The molecule has 3 aromatic rings. The highest BCUT2D eigenvalue weighted by atomic mass is 32.2. The molecule has 0 amide bonds. The molecule has 0 unspecified atom stereocenters. The zero-order chi connectivity index (χ0) is 24.0. The van der Waals surface area contributed by atoms with Gasteiger partial charge in [-0.1, -0.05) is 80.1 Å². The Hall–Kier alpha value is -2.67. The molecule has 0 aliphatic carbocycles. The molecule has 1 aliphatic rings. The minimum Gasteiger partial charge on any atom is -0.492 e. The van der Waals surface area contributed by atoms with Gasteiger partial charge < -0.3 is 4.74 Å². The number of hydrogen-bond donors (Lipinski definition) is 0. The summed E-state index contributed by atoms with van der Waals surface area (Å²) in [6.45, 7) is 6.73. The van der Waals surface area contributed by atoms with E-state index in [2.05, 4.69) is 60.4 Å². The molecule has 0 radical (unpaired) electrons. The van der Waals surface area contributed by atoms with Crippen LogP contribution in [0, 0.1) is 6.92 Å². The van der Waals surface area contributed by atoms with Crippen LogP contribution in [-0.2, 0) is 10.0 Å². The normalized spacial score (nSPS) is 15.5. The molecule has 4 rings (SSSR count). The second kappa shape index (κ2) is 11.2. The fourth-order valence-corrected chi connectivity index (χ4v) is 6.13. The van der Waals surface area contributed by atoms with Gasteiger partial charge >= 0.3 is 0 Å². The lowest BCUT2D eigenvalue weighted by Crippen LogP contribution is -2.49. The van der Waals surface area contributed by atoms with Crippen LogP contribution in [0.1, 0.15) is 42.5 Å². The van der Waals surface area contributed by atoms with Crippen molar-refractivity contribution in [3.8, 4) is 5.75 Å². The van der Waals surface area contributed by atoms with Crippen molar-refractivity contribution in [3.63, 3.8) is 0 Å². The SMILES string of the molecule is CCCCOc1ccc(C)cc1S(=O)(=O)N1CCN(C(c2ccccc2)c2ccccc2)CC1. The van der Waals surface area contributed by atoms with Gasteiger partial charge in [0.05, 0.1) is 12.6 Å². The van der Waals surface area contributed by atoms with Crippen LogP contribution in [0.2, 0.25) is 0 Å². The number of ether oxygens (including phenoxy) is 1. The van der Waals surface area contributed by atoms with E-state index in [1.54, 1.807) is 16.4 Å². The molecular weight excluding hydrogens is 444 g/mol. The van der Waals surface area contributed by atoms with E-state index in [0.29, 0.717) is 38.5 Å². The Kier molecular flexibility index (Phi) is 8.03. The largest absolute Gasteiger partial charge is 0.492 e. The van der Waals surface area contributed by atoms with Gasteiger partial charge in [-0.25, -0.2) is 8.42 Å². The number of piperazine rings is 1. The molecule has 0 spiro atoms. The van der Waals surface area contributed by atoms with Gasteiger partial charge in [0.15, 0.2) is 0 Å². The summed E-state index contributed by atoms with van der Waals surface area (Å²) in [5, 5.41) is 0. The van der Waals surface area contributed by atoms with E-state index in [4.69, 9.17) is 4.74 Å². The first-order chi connectivity index (χ1) is 16.5. The molecule has 1 heterocycles. The standard InChI is InChI=1S/C28H34N2O3S/c1-3-4-21-33-26-16-15-23(2)22-27(26)34(31,32)30-19-17-29(18-20-30)28(24-11-7-5-8-12-24)25-13-9-6-10-14-25/h5-16,22,28H,3-4,17-21H2,1-2H3. The van der Waals surface area contributed by atoms with E-state index in [-0.39, 0.29) is 10.9 Å². The van der Waals surface area contributed by atoms with E-state index < -0.39 is 10.0 Å². The Morgan fingerprint density at radius 2 is 1.44 bits per heavy atom. The number of aryl methyl sites for hydroxylation is 1. The van der Waals surface area contributed by atoms with Gasteiger partial charge in [-0.2, -0.15) is 4.31 Å². The first-order valence-electron chi connectivity index (χ1n) is 12.1. The van der Waals surface area contributed by atoms with Gasteiger partial charge in [0, 0.05) is 26.2 Å². The second-order valence-corrected chi connectivity index (χ2v) is 10.7. The number of nitrogens with zero attached hydrogens (tertiary/aromatic N) is 2. The van der Waals surface area contributed by atoms with Gasteiger partial charge in [-0.3, -0.25) is 4.90 Å².